The topological polar surface area (TPSA) is 107 Å². The van der Waals surface area contributed by atoms with Crippen LogP contribution in [0.15, 0.2) is 39.5 Å². The largest absolute Gasteiger partial charge is 0.420 e. The van der Waals surface area contributed by atoms with Crippen LogP contribution in [0.4, 0.5) is 0 Å². The second-order valence-corrected chi connectivity index (χ2v) is 6.95. The molecule has 27 heavy (non-hydrogen) atoms. The highest BCUT2D eigenvalue weighted by Gasteiger charge is 2.27. The Kier molecular flexibility index (Phi) is 4.95. The van der Waals surface area contributed by atoms with Gasteiger partial charge >= 0.3 is 0 Å². The van der Waals surface area contributed by atoms with Gasteiger partial charge in [0.25, 0.3) is 5.91 Å². The maximum absolute atomic E-state index is 12.0. The van der Waals surface area contributed by atoms with Crippen molar-refractivity contribution in [2.45, 2.75) is 38.5 Å². The zero-order valence-electron chi connectivity index (χ0n) is 15.1. The molecule has 3 aromatic heterocycles. The standard InChI is InChI=1S/C19H21N5O3/c1-12-9-16(27-24-12)17(25)21-10-13-4-6-14(7-5-13)18-22-23-19(26-18)15-3-2-8-20-11-15/h2-3,8-9,11,13-14H,4-7,10H2,1H3,(H,21,25). The molecule has 1 N–H and O–H groups in total. The summed E-state index contributed by atoms with van der Waals surface area (Å²) in [7, 11) is 0. The van der Waals surface area contributed by atoms with Crippen LogP contribution in [0.25, 0.3) is 11.5 Å². The molecule has 0 aromatic carbocycles. The SMILES string of the molecule is Cc1cc(C(=O)NCC2CCC(c3nnc(-c4cccnc4)o3)CC2)on1. The Labute approximate surface area is 156 Å². The molecular weight excluding hydrogens is 346 g/mol. The van der Waals surface area contributed by atoms with Gasteiger partial charge in [-0.1, -0.05) is 5.16 Å². The Morgan fingerprint density at radius 3 is 2.81 bits per heavy atom. The molecule has 0 unspecified atom stereocenters. The van der Waals surface area contributed by atoms with Gasteiger partial charge in [0.05, 0.1) is 11.3 Å². The number of pyridine rings is 1. The molecule has 0 saturated heterocycles. The van der Waals surface area contributed by atoms with E-state index >= 15 is 0 Å². The van der Waals surface area contributed by atoms with Gasteiger partial charge in [-0.3, -0.25) is 9.78 Å². The average Bonchev–Trinajstić information content (AvgIpc) is 3.37. The normalized spacial score (nSPS) is 19.7. The highest BCUT2D eigenvalue weighted by molar-refractivity contribution is 5.91. The van der Waals surface area contributed by atoms with Crippen molar-refractivity contribution in [1.29, 1.82) is 0 Å². The number of carbonyl (C=O) groups is 1. The first-order valence-corrected chi connectivity index (χ1v) is 9.14. The van der Waals surface area contributed by atoms with Crippen molar-refractivity contribution in [1.82, 2.24) is 25.7 Å². The van der Waals surface area contributed by atoms with Crippen molar-refractivity contribution in [3.05, 3.63) is 47.9 Å². The van der Waals surface area contributed by atoms with Crippen LogP contribution >= 0.6 is 0 Å². The number of hydrogen-bond donors (Lipinski definition) is 1. The lowest BCUT2D eigenvalue weighted by Gasteiger charge is -2.26. The zero-order valence-corrected chi connectivity index (χ0v) is 15.1. The predicted octanol–water partition coefficient (Wildman–Crippen LogP) is 3.13. The molecule has 3 heterocycles. The monoisotopic (exact) mass is 367 g/mol. The zero-order chi connectivity index (χ0) is 18.6. The van der Waals surface area contributed by atoms with Gasteiger partial charge in [0.2, 0.25) is 17.5 Å². The fraction of sp³-hybridized carbons (Fsp3) is 0.421. The van der Waals surface area contributed by atoms with Gasteiger partial charge in [0, 0.05) is 30.9 Å². The number of rotatable bonds is 5. The summed E-state index contributed by atoms with van der Waals surface area (Å²) in [6.45, 7) is 2.43. The lowest BCUT2D eigenvalue weighted by Crippen LogP contribution is -2.30. The molecule has 4 rings (SSSR count). The van der Waals surface area contributed by atoms with E-state index in [0.717, 1.165) is 31.2 Å². The molecule has 0 bridgehead atoms. The smallest absolute Gasteiger partial charge is 0.289 e. The van der Waals surface area contributed by atoms with E-state index in [4.69, 9.17) is 8.94 Å². The molecule has 140 valence electrons. The molecule has 8 heteroatoms. The number of carbonyl (C=O) groups excluding carboxylic acids is 1. The van der Waals surface area contributed by atoms with E-state index in [1.165, 1.54) is 0 Å². The van der Waals surface area contributed by atoms with Gasteiger partial charge in [0.15, 0.2) is 0 Å². The third-order valence-corrected chi connectivity index (χ3v) is 4.95. The van der Waals surface area contributed by atoms with Crippen LogP contribution in [0, 0.1) is 12.8 Å². The van der Waals surface area contributed by atoms with Crippen LogP contribution in [-0.2, 0) is 0 Å². The van der Waals surface area contributed by atoms with Crippen LogP contribution in [0.3, 0.4) is 0 Å². The number of nitrogens with zero attached hydrogens (tertiary/aromatic N) is 4. The fourth-order valence-electron chi connectivity index (χ4n) is 3.41. The number of hydrogen-bond acceptors (Lipinski definition) is 7. The molecule has 1 aliphatic carbocycles. The highest BCUT2D eigenvalue weighted by atomic mass is 16.5. The Morgan fingerprint density at radius 1 is 1.26 bits per heavy atom. The third-order valence-electron chi connectivity index (χ3n) is 4.95. The van der Waals surface area contributed by atoms with Gasteiger partial charge < -0.3 is 14.3 Å². The summed E-state index contributed by atoms with van der Waals surface area (Å²) >= 11 is 0. The van der Waals surface area contributed by atoms with E-state index in [2.05, 4.69) is 25.7 Å². The lowest BCUT2D eigenvalue weighted by molar-refractivity contribution is 0.0905. The highest BCUT2D eigenvalue weighted by Crippen LogP contribution is 2.35. The van der Waals surface area contributed by atoms with E-state index in [-0.39, 0.29) is 17.6 Å². The van der Waals surface area contributed by atoms with Gasteiger partial charge in [-0.2, -0.15) is 0 Å². The van der Waals surface area contributed by atoms with Gasteiger partial charge in [-0.05, 0) is 50.7 Å². The Morgan fingerprint density at radius 2 is 2.11 bits per heavy atom. The summed E-state index contributed by atoms with van der Waals surface area (Å²) < 4.78 is 10.8. The molecule has 0 aliphatic heterocycles. The Hall–Kier alpha value is -3.03. The van der Waals surface area contributed by atoms with Crippen LogP contribution in [0.5, 0.6) is 0 Å². The molecule has 1 saturated carbocycles. The first-order chi connectivity index (χ1) is 13.2. The summed E-state index contributed by atoms with van der Waals surface area (Å²) in [6, 6.07) is 5.39. The Bertz CT molecular complexity index is 897. The lowest BCUT2D eigenvalue weighted by atomic mass is 9.82. The summed E-state index contributed by atoms with van der Waals surface area (Å²) in [5.74, 6) is 1.95. The van der Waals surface area contributed by atoms with E-state index < -0.39 is 0 Å². The first kappa shape index (κ1) is 17.4. The van der Waals surface area contributed by atoms with Crippen molar-refractivity contribution in [2.24, 2.45) is 5.92 Å². The molecule has 1 fully saturated rings. The second kappa shape index (κ2) is 7.69. The first-order valence-electron chi connectivity index (χ1n) is 9.14. The quantitative estimate of drug-likeness (QED) is 0.738. The minimum Gasteiger partial charge on any atom is -0.420 e. The maximum Gasteiger partial charge on any atom is 0.289 e. The molecule has 0 radical (unpaired) electrons. The van der Waals surface area contributed by atoms with E-state index in [0.29, 0.717) is 29.9 Å². The summed E-state index contributed by atoms with van der Waals surface area (Å²) in [5.41, 5.74) is 1.53. The molecule has 8 nitrogen and oxygen atoms in total. The third kappa shape index (κ3) is 4.05. The minimum atomic E-state index is -0.212. The minimum absolute atomic E-state index is 0.212. The van der Waals surface area contributed by atoms with Crippen molar-refractivity contribution >= 4 is 5.91 Å². The molecule has 0 spiro atoms. The second-order valence-electron chi connectivity index (χ2n) is 6.95. The van der Waals surface area contributed by atoms with E-state index in [1.54, 1.807) is 25.4 Å². The summed E-state index contributed by atoms with van der Waals surface area (Å²) in [5, 5.41) is 15.0. The maximum atomic E-state index is 12.0. The fourth-order valence-corrected chi connectivity index (χ4v) is 3.41. The van der Waals surface area contributed by atoms with Crippen LogP contribution in [0.2, 0.25) is 0 Å². The molecule has 3 aromatic rings. The molecule has 1 amide bonds. The van der Waals surface area contributed by atoms with Crippen LogP contribution < -0.4 is 5.32 Å². The molecule has 1 aliphatic rings. The van der Waals surface area contributed by atoms with Crippen molar-refractivity contribution in [3.63, 3.8) is 0 Å². The van der Waals surface area contributed by atoms with Crippen molar-refractivity contribution in [2.75, 3.05) is 6.54 Å². The van der Waals surface area contributed by atoms with Crippen LogP contribution in [0.1, 0.15) is 53.7 Å². The van der Waals surface area contributed by atoms with Crippen molar-refractivity contribution < 1.29 is 13.7 Å². The predicted molar refractivity (Wildman–Crippen MR) is 95.8 cm³/mol. The van der Waals surface area contributed by atoms with E-state index in [1.807, 2.05) is 12.1 Å². The number of amides is 1. The van der Waals surface area contributed by atoms with E-state index in [9.17, 15) is 4.79 Å². The number of aryl methyl sites for hydroxylation is 1. The van der Waals surface area contributed by atoms with Gasteiger partial charge in [-0.15, -0.1) is 10.2 Å². The number of aromatic nitrogens is 4. The molecular formula is C19H21N5O3. The average molecular weight is 367 g/mol. The number of nitrogens with one attached hydrogen (secondary N) is 1. The Balaban J connectivity index is 1.28. The molecule has 0 atom stereocenters. The van der Waals surface area contributed by atoms with Crippen molar-refractivity contribution in [3.8, 4) is 11.5 Å². The van der Waals surface area contributed by atoms with Gasteiger partial charge in [0.1, 0.15) is 0 Å². The van der Waals surface area contributed by atoms with Crippen LogP contribution in [-0.4, -0.2) is 32.8 Å². The summed E-state index contributed by atoms with van der Waals surface area (Å²) in [6.07, 6.45) is 7.38. The van der Waals surface area contributed by atoms with Gasteiger partial charge in [-0.25, -0.2) is 0 Å². The summed E-state index contributed by atoms with van der Waals surface area (Å²) in [4.78, 5) is 16.1.